The monoisotopic (exact) mass is 266 g/mol. The maximum atomic E-state index is 11.2. The normalized spacial score (nSPS) is 10.3. The molecule has 8 heteroatoms. The highest BCUT2D eigenvalue weighted by Crippen LogP contribution is 2.06. The van der Waals surface area contributed by atoms with Gasteiger partial charge in [-0.2, -0.15) is 5.10 Å². The lowest BCUT2D eigenvalue weighted by molar-refractivity contribution is -0.386. The van der Waals surface area contributed by atoms with Gasteiger partial charge in [0.25, 0.3) is 5.43 Å². The number of nitrogens with zero attached hydrogens (tertiary/aromatic N) is 4. The minimum absolute atomic E-state index is 0.268. The molecule has 2 heterocycles. The van der Waals surface area contributed by atoms with Crippen molar-refractivity contribution < 1.29 is 4.92 Å². The molecule has 2 rings (SSSR count). The first-order valence-corrected chi connectivity index (χ1v) is 5.26. The van der Waals surface area contributed by atoms with Crippen molar-refractivity contribution in [1.29, 1.82) is 0 Å². The van der Waals surface area contributed by atoms with Gasteiger partial charge in [-0.25, -0.2) is 0 Å². The van der Waals surface area contributed by atoms with Crippen molar-refractivity contribution in [3.05, 3.63) is 61.8 Å². The van der Waals surface area contributed by atoms with Gasteiger partial charge in [0.1, 0.15) is 0 Å². The van der Waals surface area contributed by atoms with Gasteiger partial charge in [-0.05, 0) is 12.1 Å². The number of pyridine rings is 1. The standard InChI is InChI=1S/C10H7ClN4O3/c11-10-2-1-7(12-13-10)5-14-4-3-9(16)8(6-14)15(17)18/h1-4,6H,5H2. The van der Waals surface area contributed by atoms with Crippen molar-refractivity contribution in [3.63, 3.8) is 0 Å². The predicted octanol–water partition coefficient (Wildman–Crippen LogP) is 1.25. The van der Waals surface area contributed by atoms with E-state index in [1.807, 2.05) is 0 Å². The quantitative estimate of drug-likeness (QED) is 0.616. The third-order valence-corrected chi connectivity index (χ3v) is 2.39. The molecule has 0 aromatic carbocycles. The average molecular weight is 267 g/mol. The highest BCUT2D eigenvalue weighted by atomic mass is 35.5. The Morgan fingerprint density at radius 1 is 1.33 bits per heavy atom. The second-order valence-corrected chi connectivity index (χ2v) is 3.86. The summed E-state index contributed by atoms with van der Waals surface area (Å²) in [7, 11) is 0. The molecule has 0 aliphatic rings. The lowest BCUT2D eigenvalue weighted by Gasteiger charge is -2.04. The fourth-order valence-electron chi connectivity index (χ4n) is 1.36. The van der Waals surface area contributed by atoms with Crippen LogP contribution in [0.4, 0.5) is 5.69 Å². The maximum absolute atomic E-state index is 11.2. The number of hydrogen-bond donors (Lipinski definition) is 0. The van der Waals surface area contributed by atoms with Crippen LogP contribution in [0.2, 0.25) is 5.15 Å². The van der Waals surface area contributed by atoms with Crippen molar-refractivity contribution in [1.82, 2.24) is 14.8 Å². The highest BCUT2D eigenvalue weighted by molar-refractivity contribution is 6.29. The molecule has 0 bridgehead atoms. The molecule has 0 fully saturated rings. The van der Waals surface area contributed by atoms with E-state index >= 15 is 0 Å². The summed E-state index contributed by atoms with van der Waals surface area (Å²) in [6.07, 6.45) is 2.62. The van der Waals surface area contributed by atoms with E-state index < -0.39 is 16.0 Å². The van der Waals surface area contributed by atoms with Crippen LogP contribution in [-0.4, -0.2) is 19.7 Å². The molecule has 18 heavy (non-hydrogen) atoms. The van der Waals surface area contributed by atoms with Gasteiger partial charge in [0, 0.05) is 12.3 Å². The summed E-state index contributed by atoms with van der Waals surface area (Å²) in [5, 5.41) is 18.4. The van der Waals surface area contributed by atoms with Crippen molar-refractivity contribution >= 4 is 17.3 Å². The van der Waals surface area contributed by atoms with Crippen LogP contribution in [0.25, 0.3) is 0 Å². The first-order chi connectivity index (χ1) is 8.56. The van der Waals surface area contributed by atoms with E-state index in [1.165, 1.54) is 17.0 Å². The summed E-state index contributed by atoms with van der Waals surface area (Å²) in [6, 6.07) is 4.36. The molecule has 0 spiro atoms. The van der Waals surface area contributed by atoms with Crippen LogP contribution in [0.5, 0.6) is 0 Å². The Morgan fingerprint density at radius 2 is 2.11 bits per heavy atom. The van der Waals surface area contributed by atoms with Gasteiger partial charge in [-0.3, -0.25) is 14.9 Å². The largest absolute Gasteiger partial charge is 0.342 e. The lowest BCUT2D eigenvalue weighted by Crippen LogP contribution is -2.12. The minimum Gasteiger partial charge on any atom is -0.342 e. The number of rotatable bonds is 3. The Kier molecular flexibility index (Phi) is 3.33. The molecule has 7 nitrogen and oxygen atoms in total. The number of nitro groups is 1. The van der Waals surface area contributed by atoms with Gasteiger partial charge in [0.15, 0.2) is 5.15 Å². The number of halogens is 1. The molecule has 0 aliphatic carbocycles. The van der Waals surface area contributed by atoms with Gasteiger partial charge >= 0.3 is 5.69 Å². The summed E-state index contributed by atoms with van der Waals surface area (Å²) >= 11 is 5.59. The van der Waals surface area contributed by atoms with Crippen LogP contribution in [0.15, 0.2) is 35.4 Å². The van der Waals surface area contributed by atoms with Crippen molar-refractivity contribution in [2.24, 2.45) is 0 Å². The summed E-state index contributed by atoms with van der Waals surface area (Å²) in [6.45, 7) is 0.269. The minimum atomic E-state index is -0.716. The molecular formula is C10H7ClN4O3. The van der Waals surface area contributed by atoms with Gasteiger partial charge in [-0.15, -0.1) is 5.10 Å². The van der Waals surface area contributed by atoms with Gasteiger partial charge < -0.3 is 4.57 Å². The SMILES string of the molecule is O=c1ccn(Cc2ccc(Cl)nn2)cc1[N+](=O)[O-]. The molecule has 0 aliphatic heterocycles. The Balaban J connectivity index is 2.30. The maximum Gasteiger partial charge on any atom is 0.332 e. The van der Waals surface area contributed by atoms with Crippen molar-refractivity contribution in [2.75, 3.05) is 0 Å². The Bertz CT molecular complexity index is 638. The number of aromatic nitrogens is 3. The Hall–Kier alpha value is -2.28. The van der Waals surface area contributed by atoms with Crippen LogP contribution in [0.3, 0.4) is 0 Å². The van der Waals surface area contributed by atoms with Crippen LogP contribution in [-0.2, 0) is 6.54 Å². The fourth-order valence-corrected chi connectivity index (χ4v) is 1.46. The average Bonchev–Trinajstić information content (AvgIpc) is 2.34. The van der Waals surface area contributed by atoms with Gasteiger partial charge in [0.05, 0.1) is 23.4 Å². The Morgan fingerprint density at radius 3 is 2.72 bits per heavy atom. The first-order valence-electron chi connectivity index (χ1n) is 4.89. The Labute approximate surface area is 106 Å². The second-order valence-electron chi connectivity index (χ2n) is 3.47. The smallest absolute Gasteiger partial charge is 0.332 e. The lowest BCUT2D eigenvalue weighted by atomic mass is 10.3. The molecule has 2 aromatic heterocycles. The summed E-state index contributed by atoms with van der Waals surface area (Å²) < 4.78 is 1.48. The van der Waals surface area contributed by atoms with Crippen LogP contribution >= 0.6 is 11.6 Å². The first kappa shape index (κ1) is 12.2. The molecule has 0 unspecified atom stereocenters. The molecule has 0 saturated carbocycles. The van der Waals surface area contributed by atoms with E-state index in [1.54, 1.807) is 12.1 Å². The third kappa shape index (κ3) is 2.69. The molecule has 92 valence electrons. The van der Waals surface area contributed by atoms with E-state index in [0.29, 0.717) is 5.69 Å². The van der Waals surface area contributed by atoms with Crippen molar-refractivity contribution in [2.45, 2.75) is 6.54 Å². The van der Waals surface area contributed by atoms with E-state index in [2.05, 4.69) is 10.2 Å². The molecular weight excluding hydrogens is 260 g/mol. The van der Waals surface area contributed by atoms with Crippen molar-refractivity contribution in [3.8, 4) is 0 Å². The zero-order valence-corrected chi connectivity index (χ0v) is 9.74. The van der Waals surface area contributed by atoms with Gasteiger partial charge in [0.2, 0.25) is 0 Å². The number of hydrogen-bond acceptors (Lipinski definition) is 5. The summed E-state index contributed by atoms with van der Waals surface area (Å²) in [4.78, 5) is 21.1. The molecule has 0 N–H and O–H groups in total. The van der Waals surface area contributed by atoms with E-state index in [4.69, 9.17) is 11.6 Å². The third-order valence-electron chi connectivity index (χ3n) is 2.19. The summed E-state index contributed by atoms with van der Waals surface area (Å²) in [5.74, 6) is 0. The highest BCUT2D eigenvalue weighted by Gasteiger charge is 2.11. The van der Waals surface area contributed by atoms with E-state index in [-0.39, 0.29) is 11.7 Å². The second kappa shape index (κ2) is 4.92. The zero-order valence-electron chi connectivity index (χ0n) is 8.99. The molecule has 2 aromatic rings. The summed E-state index contributed by atoms with van der Waals surface area (Å²) in [5.41, 5.74) is -0.518. The van der Waals surface area contributed by atoms with Gasteiger partial charge in [-0.1, -0.05) is 11.6 Å². The van der Waals surface area contributed by atoms with E-state index in [9.17, 15) is 14.9 Å². The van der Waals surface area contributed by atoms with Crippen LogP contribution in [0, 0.1) is 10.1 Å². The molecule has 0 amide bonds. The molecule has 0 saturated heterocycles. The van der Waals surface area contributed by atoms with E-state index in [0.717, 1.165) is 6.07 Å². The zero-order chi connectivity index (χ0) is 13.1. The van der Waals surface area contributed by atoms with Crippen LogP contribution < -0.4 is 5.43 Å². The molecule has 0 radical (unpaired) electrons. The fraction of sp³-hybridized carbons (Fsp3) is 0.100. The molecule has 0 atom stereocenters. The van der Waals surface area contributed by atoms with Crippen LogP contribution in [0.1, 0.15) is 5.69 Å². The predicted molar refractivity (Wildman–Crippen MR) is 63.5 cm³/mol. The topological polar surface area (TPSA) is 90.9 Å².